The van der Waals surface area contributed by atoms with Crippen molar-refractivity contribution in [3.63, 3.8) is 0 Å². The minimum atomic E-state index is -0.927. The second-order valence-corrected chi connectivity index (χ2v) is 15.8. The number of nitrogens with one attached hydrogen (secondary N) is 2. The minimum Gasteiger partial charge on any atom is -0.494 e. The van der Waals surface area contributed by atoms with E-state index in [0.29, 0.717) is 10.7 Å². The number of unbranched alkanes of at least 4 members (excludes halogenated alkanes) is 4. The van der Waals surface area contributed by atoms with E-state index in [9.17, 15) is 14.4 Å². The molecule has 2 amide bonds. The molecule has 0 spiro atoms. The molecule has 0 aliphatic carbocycles. The summed E-state index contributed by atoms with van der Waals surface area (Å²) in [4.78, 5) is 49.7. The zero-order chi connectivity index (χ0) is 37.0. The second kappa shape index (κ2) is 18.1. The van der Waals surface area contributed by atoms with Gasteiger partial charge in [0, 0.05) is 34.8 Å². The summed E-state index contributed by atoms with van der Waals surface area (Å²) in [5.41, 5.74) is 2.75. The molecule has 272 valence electrons. The van der Waals surface area contributed by atoms with Crippen LogP contribution in [0.15, 0.2) is 73.1 Å². The Labute approximate surface area is 306 Å². The molecule has 51 heavy (non-hydrogen) atoms. The zero-order valence-electron chi connectivity index (χ0n) is 31.0. The molecule has 0 fully saturated rings. The van der Waals surface area contributed by atoms with Gasteiger partial charge in [-0.2, -0.15) is 0 Å². The number of hydrogen-bond acceptors (Lipinski definition) is 8. The highest BCUT2D eigenvalue weighted by Gasteiger charge is 2.26. The summed E-state index contributed by atoms with van der Waals surface area (Å²) in [6.07, 6.45) is 9.84. The Balaban J connectivity index is 1.40. The molecule has 0 radical (unpaired) electrons. The van der Waals surface area contributed by atoms with Crippen molar-refractivity contribution in [1.82, 2.24) is 20.6 Å². The van der Waals surface area contributed by atoms with Crippen LogP contribution in [0, 0.1) is 0 Å². The summed E-state index contributed by atoms with van der Waals surface area (Å²) in [5.74, 6) is 0.0414. The third kappa shape index (κ3) is 12.6. The Morgan fingerprint density at radius 1 is 0.784 bits per heavy atom. The van der Waals surface area contributed by atoms with Gasteiger partial charge in [0.2, 0.25) is 5.91 Å². The molecule has 0 aliphatic rings. The lowest BCUT2D eigenvalue weighted by atomic mass is 9.95. The van der Waals surface area contributed by atoms with Gasteiger partial charge >= 0.3 is 5.97 Å². The predicted molar refractivity (Wildman–Crippen MR) is 204 cm³/mol. The fraction of sp³-hybridized carbons (Fsp3) is 0.439. The van der Waals surface area contributed by atoms with Crippen molar-refractivity contribution < 1.29 is 23.9 Å². The summed E-state index contributed by atoms with van der Waals surface area (Å²) >= 11 is 1.40. The Morgan fingerprint density at radius 3 is 2.04 bits per heavy atom. The van der Waals surface area contributed by atoms with Crippen LogP contribution < -0.4 is 15.4 Å². The Hall–Kier alpha value is -4.57. The fourth-order valence-corrected chi connectivity index (χ4v) is 6.22. The average Bonchev–Trinajstić information content (AvgIpc) is 3.60. The Bertz CT molecular complexity index is 1720. The van der Waals surface area contributed by atoms with Crippen LogP contribution in [0.2, 0.25) is 0 Å². The lowest BCUT2D eigenvalue weighted by Gasteiger charge is -2.21. The van der Waals surface area contributed by atoms with E-state index in [1.54, 1.807) is 39.2 Å². The average molecular weight is 713 g/mol. The molecule has 0 bridgehead atoms. The quantitative estimate of drug-likeness (QED) is 0.0886. The standard InChI is InChI=1S/C41H52N4O5S/c1-8-9-10-11-12-23-49-32-19-17-29(18-20-32)31-25-42-37(43-26-31)30-15-13-28(14-16-30)24-33(38(47)44-27-36(46)50-41(5,6)7)45-39(48)34-21-22-35(51-34)40(2,3)4/h13-22,25-26,33H,8-12,23-24,27H2,1-7H3,(H,44,47)(H,45,48). The van der Waals surface area contributed by atoms with E-state index in [-0.39, 0.29) is 24.3 Å². The van der Waals surface area contributed by atoms with Gasteiger partial charge in [-0.1, -0.05) is 89.8 Å². The number of rotatable bonds is 16. The lowest BCUT2D eigenvalue weighted by Crippen LogP contribution is -2.49. The zero-order valence-corrected chi connectivity index (χ0v) is 31.8. The SMILES string of the molecule is CCCCCCCOc1ccc(-c2cnc(-c3ccc(CC(NC(=O)c4ccc(C(C)(C)C)s4)C(=O)NCC(=O)OC(C)(C)C)cc3)nc2)cc1. The van der Waals surface area contributed by atoms with Crippen LogP contribution in [-0.4, -0.2) is 52.5 Å². The first kappa shape index (κ1) is 39.2. The number of aromatic nitrogens is 2. The van der Waals surface area contributed by atoms with Gasteiger partial charge in [0.15, 0.2) is 5.82 Å². The molecule has 2 aromatic heterocycles. The van der Waals surface area contributed by atoms with E-state index < -0.39 is 23.5 Å². The molecule has 4 aromatic rings. The first-order valence-corrected chi connectivity index (χ1v) is 18.6. The lowest BCUT2D eigenvalue weighted by molar-refractivity contribution is -0.154. The first-order valence-electron chi connectivity index (χ1n) is 17.8. The van der Waals surface area contributed by atoms with Crippen LogP contribution >= 0.6 is 11.3 Å². The van der Waals surface area contributed by atoms with Gasteiger partial charge in [0.05, 0.1) is 11.5 Å². The summed E-state index contributed by atoms with van der Waals surface area (Å²) in [5, 5.41) is 5.52. The van der Waals surface area contributed by atoms with Crippen molar-refractivity contribution in [3.05, 3.63) is 88.4 Å². The number of amides is 2. The number of carbonyl (C=O) groups is 3. The molecular weight excluding hydrogens is 661 g/mol. The number of nitrogens with zero attached hydrogens (tertiary/aromatic N) is 2. The molecule has 2 N–H and O–H groups in total. The van der Waals surface area contributed by atoms with Crippen LogP contribution in [0.3, 0.4) is 0 Å². The van der Waals surface area contributed by atoms with Gasteiger partial charge in [0.1, 0.15) is 23.9 Å². The van der Waals surface area contributed by atoms with Crippen molar-refractivity contribution >= 4 is 29.1 Å². The molecule has 2 heterocycles. The molecule has 0 saturated carbocycles. The molecule has 2 aromatic carbocycles. The third-order valence-electron chi connectivity index (χ3n) is 8.03. The fourth-order valence-electron chi connectivity index (χ4n) is 5.25. The van der Waals surface area contributed by atoms with E-state index in [1.807, 2.05) is 54.6 Å². The second-order valence-electron chi connectivity index (χ2n) is 14.7. The molecule has 10 heteroatoms. The number of benzene rings is 2. The normalized spacial score (nSPS) is 12.2. The van der Waals surface area contributed by atoms with Gasteiger partial charge in [-0.3, -0.25) is 14.4 Å². The highest BCUT2D eigenvalue weighted by atomic mass is 32.1. The predicted octanol–water partition coefficient (Wildman–Crippen LogP) is 8.32. The minimum absolute atomic E-state index is 0.104. The summed E-state index contributed by atoms with van der Waals surface area (Å²) in [7, 11) is 0. The Morgan fingerprint density at radius 2 is 1.43 bits per heavy atom. The maximum atomic E-state index is 13.3. The van der Waals surface area contributed by atoms with Crippen molar-refractivity contribution in [2.75, 3.05) is 13.2 Å². The van der Waals surface area contributed by atoms with Crippen molar-refractivity contribution in [2.24, 2.45) is 0 Å². The molecule has 1 atom stereocenters. The van der Waals surface area contributed by atoms with Crippen LogP contribution in [-0.2, 0) is 26.2 Å². The van der Waals surface area contributed by atoms with Crippen LogP contribution in [0.4, 0.5) is 0 Å². The van der Waals surface area contributed by atoms with Crippen molar-refractivity contribution in [1.29, 1.82) is 0 Å². The van der Waals surface area contributed by atoms with Gasteiger partial charge < -0.3 is 20.1 Å². The number of esters is 1. The number of ether oxygens (including phenoxy) is 2. The van der Waals surface area contributed by atoms with E-state index in [1.165, 1.54) is 37.0 Å². The maximum Gasteiger partial charge on any atom is 0.325 e. The van der Waals surface area contributed by atoms with Crippen molar-refractivity contribution in [3.8, 4) is 28.3 Å². The highest BCUT2D eigenvalue weighted by Crippen LogP contribution is 2.29. The number of carbonyl (C=O) groups excluding carboxylic acids is 3. The molecule has 1 unspecified atom stereocenters. The van der Waals surface area contributed by atoms with E-state index >= 15 is 0 Å². The van der Waals surface area contributed by atoms with E-state index in [4.69, 9.17) is 9.47 Å². The molecule has 0 saturated heterocycles. The van der Waals surface area contributed by atoms with Crippen LogP contribution in [0.5, 0.6) is 5.75 Å². The van der Waals surface area contributed by atoms with Crippen molar-refractivity contribution in [2.45, 2.75) is 104 Å². The number of hydrogen-bond donors (Lipinski definition) is 2. The maximum absolute atomic E-state index is 13.3. The number of thiophene rings is 1. The largest absolute Gasteiger partial charge is 0.494 e. The van der Waals surface area contributed by atoms with Gasteiger partial charge in [0.25, 0.3) is 5.91 Å². The third-order valence-corrected chi connectivity index (χ3v) is 9.54. The summed E-state index contributed by atoms with van der Waals surface area (Å²) in [6.45, 7) is 14.2. The molecule has 9 nitrogen and oxygen atoms in total. The van der Waals surface area contributed by atoms with Crippen LogP contribution in [0.1, 0.15) is 101 Å². The Kier molecular flexibility index (Phi) is 13.9. The summed E-state index contributed by atoms with van der Waals surface area (Å²) in [6, 6.07) is 18.3. The first-order chi connectivity index (χ1) is 24.2. The van der Waals surface area contributed by atoms with Crippen LogP contribution in [0.25, 0.3) is 22.5 Å². The van der Waals surface area contributed by atoms with Gasteiger partial charge in [-0.05, 0) is 68.0 Å². The molecule has 4 rings (SSSR count). The monoisotopic (exact) mass is 712 g/mol. The van der Waals surface area contributed by atoms with E-state index in [0.717, 1.165) is 45.9 Å². The highest BCUT2D eigenvalue weighted by molar-refractivity contribution is 7.14. The summed E-state index contributed by atoms with van der Waals surface area (Å²) < 4.78 is 11.2. The van der Waals surface area contributed by atoms with E-state index in [2.05, 4.69) is 48.3 Å². The van der Waals surface area contributed by atoms with Gasteiger partial charge in [-0.15, -0.1) is 11.3 Å². The molecular formula is C41H52N4O5S. The smallest absolute Gasteiger partial charge is 0.325 e. The molecule has 0 aliphatic heterocycles. The van der Waals surface area contributed by atoms with Gasteiger partial charge in [-0.25, -0.2) is 9.97 Å². The topological polar surface area (TPSA) is 120 Å².